The van der Waals surface area contributed by atoms with Crippen molar-refractivity contribution in [2.24, 2.45) is 0 Å². The van der Waals surface area contributed by atoms with Gasteiger partial charge in [-0.05, 0) is 24.8 Å². The summed E-state index contributed by atoms with van der Waals surface area (Å²) in [7, 11) is -2.97. The molecular weight excluding hydrogens is 274 g/mol. The highest BCUT2D eigenvalue weighted by molar-refractivity contribution is 7.91. The van der Waals surface area contributed by atoms with E-state index >= 15 is 0 Å². The summed E-state index contributed by atoms with van der Waals surface area (Å²) in [5.74, 6) is 0.126. The van der Waals surface area contributed by atoms with E-state index < -0.39 is 9.84 Å². The van der Waals surface area contributed by atoms with E-state index in [1.807, 2.05) is 30.3 Å². The Labute approximate surface area is 120 Å². The Kier molecular flexibility index (Phi) is 4.81. The zero-order valence-electron chi connectivity index (χ0n) is 11.8. The molecule has 0 saturated carbocycles. The lowest BCUT2D eigenvalue weighted by molar-refractivity contribution is -0.132. The summed E-state index contributed by atoms with van der Waals surface area (Å²) in [4.78, 5) is 13.9. The number of aryl methyl sites for hydroxylation is 1. The molecule has 0 radical (unpaired) electrons. The second-order valence-corrected chi connectivity index (χ2v) is 7.72. The molecule has 0 atom stereocenters. The zero-order chi connectivity index (χ0) is 14.6. The fraction of sp³-hybridized carbons (Fsp3) is 0.533. The van der Waals surface area contributed by atoms with Gasteiger partial charge in [0.1, 0.15) is 9.84 Å². The molecule has 1 amide bonds. The third kappa shape index (κ3) is 4.07. The molecule has 110 valence electrons. The lowest BCUT2D eigenvalue weighted by Crippen LogP contribution is -2.42. The molecule has 0 N–H and O–H groups in total. The largest absolute Gasteiger partial charge is 0.343 e. The van der Waals surface area contributed by atoms with Crippen LogP contribution >= 0.6 is 0 Å². The number of piperidine rings is 1. The van der Waals surface area contributed by atoms with Gasteiger partial charge in [-0.3, -0.25) is 4.79 Å². The van der Waals surface area contributed by atoms with E-state index in [1.54, 1.807) is 4.90 Å². The monoisotopic (exact) mass is 295 g/mol. The minimum absolute atomic E-state index is 0.126. The van der Waals surface area contributed by atoms with Crippen LogP contribution in [-0.2, 0) is 21.1 Å². The summed E-state index contributed by atoms with van der Waals surface area (Å²) in [5.41, 5.74) is 1.16. The van der Waals surface area contributed by atoms with Gasteiger partial charge in [0.05, 0.1) is 5.25 Å². The number of likely N-dealkylation sites (tertiary alicyclic amines) is 1. The van der Waals surface area contributed by atoms with Crippen LogP contribution in [0, 0.1) is 0 Å². The van der Waals surface area contributed by atoms with Gasteiger partial charge in [0.25, 0.3) is 0 Å². The molecule has 0 spiro atoms. The molecule has 1 aromatic carbocycles. The van der Waals surface area contributed by atoms with Crippen LogP contribution in [0.25, 0.3) is 0 Å². The van der Waals surface area contributed by atoms with Crippen LogP contribution in [0.1, 0.15) is 24.8 Å². The molecule has 1 aromatic rings. The van der Waals surface area contributed by atoms with Gasteiger partial charge in [0.2, 0.25) is 5.91 Å². The van der Waals surface area contributed by atoms with Crippen molar-refractivity contribution in [3.63, 3.8) is 0 Å². The SMILES string of the molecule is CS(=O)(=O)C1CCN(C(=O)CCc2ccccc2)CC1. The second kappa shape index (κ2) is 6.39. The first kappa shape index (κ1) is 15.0. The lowest BCUT2D eigenvalue weighted by Gasteiger charge is -2.31. The molecule has 1 aliphatic rings. The van der Waals surface area contributed by atoms with Crippen LogP contribution in [0.4, 0.5) is 0 Å². The van der Waals surface area contributed by atoms with Crippen LogP contribution in [-0.4, -0.2) is 43.8 Å². The average Bonchev–Trinajstić information content (AvgIpc) is 2.45. The number of hydrogen-bond acceptors (Lipinski definition) is 3. The quantitative estimate of drug-likeness (QED) is 0.849. The second-order valence-electron chi connectivity index (χ2n) is 5.40. The molecule has 1 saturated heterocycles. The van der Waals surface area contributed by atoms with Crippen LogP contribution in [0.3, 0.4) is 0 Å². The maximum atomic E-state index is 12.1. The first-order valence-corrected chi connectivity index (χ1v) is 8.93. The predicted molar refractivity (Wildman–Crippen MR) is 79.2 cm³/mol. The molecule has 1 fully saturated rings. The number of rotatable bonds is 4. The van der Waals surface area contributed by atoms with Gasteiger partial charge in [-0.1, -0.05) is 30.3 Å². The summed E-state index contributed by atoms with van der Waals surface area (Å²) in [5, 5.41) is -0.277. The van der Waals surface area contributed by atoms with E-state index in [9.17, 15) is 13.2 Å². The smallest absolute Gasteiger partial charge is 0.222 e. The Morgan fingerprint density at radius 2 is 1.80 bits per heavy atom. The highest BCUT2D eigenvalue weighted by Gasteiger charge is 2.28. The van der Waals surface area contributed by atoms with E-state index in [4.69, 9.17) is 0 Å². The number of hydrogen-bond donors (Lipinski definition) is 0. The highest BCUT2D eigenvalue weighted by atomic mass is 32.2. The van der Waals surface area contributed by atoms with Crippen molar-refractivity contribution in [2.75, 3.05) is 19.3 Å². The van der Waals surface area contributed by atoms with E-state index in [0.717, 1.165) is 12.0 Å². The predicted octanol–water partition coefficient (Wildman–Crippen LogP) is 1.65. The van der Waals surface area contributed by atoms with Crippen molar-refractivity contribution in [3.8, 4) is 0 Å². The molecule has 0 unspecified atom stereocenters. The van der Waals surface area contributed by atoms with Crippen molar-refractivity contribution in [2.45, 2.75) is 30.9 Å². The third-order valence-electron chi connectivity index (χ3n) is 3.87. The molecule has 4 nitrogen and oxygen atoms in total. The average molecular weight is 295 g/mol. The minimum atomic E-state index is -2.97. The fourth-order valence-corrected chi connectivity index (χ4v) is 3.65. The maximum Gasteiger partial charge on any atom is 0.222 e. The van der Waals surface area contributed by atoms with Crippen LogP contribution in [0.15, 0.2) is 30.3 Å². The van der Waals surface area contributed by atoms with Gasteiger partial charge in [-0.25, -0.2) is 8.42 Å². The Morgan fingerprint density at radius 3 is 2.35 bits per heavy atom. The van der Waals surface area contributed by atoms with Gasteiger partial charge < -0.3 is 4.90 Å². The van der Waals surface area contributed by atoms with Crippen molar-refractivity contribution < 1.29 is 13.2 Å². The molecule has 20 heavy (non-hydrogen) atoms. The van der Waals surface area contributed by atoms with Gasteiger partial charge in [-0.2, -0.15) is 0 Å². The summed E-state index contributed by atoms with van der Waals surface area (Å²) in [6.07, 6.45) is 3.65. The molecule has 0 bridgehead atoms. The van der Waals surface area contributed by atoms with Crippen molar-refractivity contribution in [3.05, 3.63) is 35.9 Å². The Bertz CT molecular complexity index is 546. The Balaban J connectivity index is 1.80. The number of benzene rings is 1. The topological polar surface area (TPSA) is 54.5 Å². The maximum absolute atomic E-state index is 12.1. The van der Waals surface area contributed by atoms with Crippen molar-refractivity contribution in [1.29, 1.82) is 0 Å². The van der Waals surface area contributed by atoms with Gasteiger partial charge in [0.15, 0.2) is 0 Å². The summed E-state index contributed by atoms with van der Waals surface area (Å²) >= 11 is 0. The van der Waals surface area contributed by atoms with Crippen LogP contribution < -0.4 is 0 Å². The van der Waals surface area contributed by atoms with Gasteiger partial charge >= 0.3 is 0 Å². The zero-order valence-corrected chi connectivity index (χ0v) is 12.6. The van der Waals surface area contributed by atoms with E-state index in [1.165, 1.54) is 6.26 Å². The molecule has 0 aromatic heterocycles. The molecule has 5 heteroatoms. The Hall–Kier alpha value is -1.36. The molecule has 0 aliphatic carbocycles. The number of amides is 1. The number of carbonyl (C=O) groups is 1. The molecule has 1 aliphatic heterocycles. The van der Waals surface area contributed by atoms with E-state index in [2.05, 4.69) is 0 Å². The van der Waals surface area contributed by atoms with E-state index in [-0.39, 0.29) is 11.2 Å². The standard InChI is InChI=1S/C15H21NO3S/c1-20(18,19)14-9-11-16(12-10-14)15(17)8-7-13-5-3-2-4-6-13/h2-6,14H,7-12H2,1H3. The third-order valence-corrected chi connectivity index (χ3v) is 5.55. The fourth-order valence-electron chi connectivity index (χ4n) is 2.59. The number of carbonyl (C=O) groups excluding carboxylic acids is 1. The number of sulfone groups is 1. The number of nitrogens with zero attached hydrogens (tertiary/aromatic N) is 1. The summed E-state index contributed by atoms with van der Waals surface area (Å²) < 4.78 is 22.9. The Morgan fingerprint density at radius 1 is 1.20 bits per heavy atom. The molecule has 2 rings (SSSR count). The van der Waals surface area contributed by atoms with Crippen LogP contribution in [0.5, 0.6) is 0 Å². The minimum Gasteiger partial charge on any atom is -0.343 e. The van der Waals surface area contributed by atoms with Gasteiger partial charge in [-0.15, -0.1) is 0 Å². The highest BCUT2D eigenvalue weighted by Crippen LogP contribution is 2.18. The van der Waals surface area contributed by atoms with Crippen LogP contribution in [0.2, 0.25) is 0 Å². The summed E-state index contributed by atoms with van der Waals surface area (Å²) in [6, 6.07) is 9.93. The van der Waals surface area contributed by atoms with Gasteiger partial charge in [0, 0.05) is 25.8 Å². The normalized spacial score (nSPS) is 17.1. The molecular formula is C15H21NO3S. The first-order chi connectivity index (χ1) is 9.47. The summed E-state index contributed by atoms with van der Waals surface area (Å²) in [6.45, 7) is 1.12. The van der Waals surface area contributed by atoms with Crippen molar-refractivity contribution in [1.82, 2.24) is 4.90 Å². The molecule has 1 heterocycles. The lowest BCUT2D eigenvalue weighted by atomic mass is 10.1. The van der Waals surface area contributed by atoms with E-state index in [0.29, 0.717) is 32.4 Å². The van der Waals surface area contributed by atoms with Crippen molar-refractivity contribution >= 4 is 15.7 Å². The first-order valence-electron chi connectivity index (χ1n) is 6.97.